The summed E-state index contributed by atoms with van der Waals surface area (Å²) in [7, 11) is 0. The van der Waals surface area contributed by atoms with Crippen LogP contribution >= 0.6 is 11.3 Å². The third-order valence-corrected chi connectivity index (χ3v) is 6.00. The zero-order valence-electron chi connectivity index (χ0n) is 14.8. The maximum absolute atomic E-state index is 12.9. The summed E-state index contributed by atoms with van der Waals surface area (Å²) in [6, 6.07) is 13.9. The fraction of sp³-hybridized carbons (Fsp3) is 0.333. The number of hydrogen-bond acceptors (Lipinski definition) is 4. The van der Waals surface area contributed by atoms with Crippen molar-refractivity contribution >= 4 is 27.5 Å². The van der Waals surface area contributed by atoms with E-state index in [-0.39, 0.29) is 12.5 Å². The third-order valence-electron chi connectivity index (χ3n) is 5.04. The van der Waals surface area contributed by atoms with Crippen LogP contribution in [0.15, 0.2) is 42.5 Å². The number of carbonyl (C=O) groups is 1. The highest BCUT2D eigenvalue weighted by molar-refractivity contribution is 7.18. The van der Waals surface area contributed by atoms with Crippen LogP contribution in [0.3, 0.4) is 0 Å². The summed E-state index contributed by atoms with van der Waals surface area (Å²) in [6.45, 7) is 3.68. The topological polar surface area (TPSA) is 53.4 Å². The van der Waals surface area contributed by atoms with Crippen molar-refractivity contribution < 1.29 is 9.90 Å². The van der Waals surface area contributed by atoms with E-state index in [1.165, 1.54) is 5.56 Å². The van der Waals surface area contributed by atoms with Crippen LogP contribution in [0, 0.1) is 12.8 Å². The molecule has 134 valence electrons. The number of carbonyl (C=O) groups excluding carboxylic acids is 1. The lowest BCUT2D eigenvalue weighted by Crippen LogP contribution is -2.28. The molecule has 26 heavy (non-hydrogen) atoms. The van der Waals surface area contributed by atoms with Gasteiger partial charge in [-0.1, -0.05) is 24.3 Å². The van der Waals surface area contributed by atoms with Crippen molar-refractivity contribution in [3.63, 3.8) is 0 Å². The Morgan fingerprint density at radius 3 is 2.77 bits per heavy atom. The molecular formula is C21H22N2O2S. The summed E-state index contributed by atoms with van der Waals surface area (Å²) in [4.78, 5) is 19.3. The van der Waals surface area contributed by atoms with Crippen molar-refractivity contribution in [2.75, 3.05) is 13.1 Å². The van der Waals surface area contributed by atoms with E-state index in [9.17, 15) is 4.79 Å². The minimum Gasteiger partial charge on any atom is -0.392 e. The minimum absolute atomic E-state index is 0.0782. The van der Waals surface area contributed by atoms with E-state index >= 15 is 0 Å². The molecule has 5 heteroatoms. The molecular weight excluding hydrogens is 344 g/mol. The van der Waals surface area contributed by atoms with E-state index in [0.29, 0.717) is 5.92 Å². The van der Waals surface area contributed by atoms with Gasteiger partial charge in [0.2, 0.25) is 0 Å². The van der Waals surface area contributed by atoms with Gasteiger partial charge in [0, 0.05) is 18.7 Å². The van der Waals surface area contributed by atoms with E-state index in [2.05, 4.69) is 17.1 Å². The van der Waals surface area contributed by atoms with Crippen LogP contribution in [0.2, 0.25) is 0 Å². The fourth-order valence-electron chi connectivity index (χ4n) is 3.66. The molecule has 1 saturated heterocycles. The van der Waals surface area contributed by atoms with E-state index in [1.54, 1.807) is 11.3 Å². The second-order valence-corrected chi connectivity index (χ2v) is 8.23. The number of rotatable bonds is 4. The Bertz CT molecular complexity index is 933. The van der Waals surface area contributed by atoms with E-state index in [4.69, 9.17) is 5.11 Å². The number of aliphatic hydroxyl groups excluding tert-OH is 1. The molecule has 0 bridgehead atoms. The van der Waals surface area contributed by atoms with E-state index in [1.807, 2.05) is 42.2 Å². The molecule has 1 atom stereocenters. The first-order valence-corrected chi connectivity index (χ1v) is 9.79. The highest BCUT2D eigenvalue weighted by Crippen LogP contribution is 2.26. The monoisotopic (exact) mass is 366 g/mol. The summed E-state index contributed by atoms with van der Waals surface area (Å²) in [5.41, 5.74) is 3.85. The molecule has 1 unspecified atom stereocenters. The maximum atomic E-state index is 12.9. The summed E-state index contributed by atoms with van der Waals surface area (Å²) in [5, 5.41) is 10.2. The van der Waals surface area contributed by atoms with Gasteiger partial charge in [0.05, 0.1) is 21.8 Å². The van der Waals surface area contributed by atoms with E-state index < -0.39 is 0 Å². The number of nitrogens with zero attached hydrogens (tertiary/aromatic N) is 2. The van der Waals surface area contributed by atoms with Gasteiger partial charge >= 0.3 is 0 Å². The summed E-state index contributed by atoms with van der Waals surface area (Å²) < 4.78 is 1.13. The van der Waals surface area contributed by atoms with Gasteiger partial charge in [-0.25, -0.2) is 4.98 Å². The summed E-state index contributed by atoms with van der Waals surface area (Å²) >= 11 is 1.66. The largest absolute Gasteiger partial charge is 0.392 e. The van der Waals surface area contributed by atoms with Crippen LogP contribution in [0.5, 0.6) is 0 Å². The molecule has 1 aliphatic heterocycles. The predicted molar refractivity (Wildman–Crippen MR) is 104 cm³/mol. The molecule has 0 aliphatic carbocycles. The summed E-state index contributed by atoms with van der Waals surface area (Å²) in [5.74, 6) is 0.597. The van der Waals surface area contributed by atoms with Gasteiger partial charge in [-0.05, 0) is 55.0 Å². The number of aromatic nitrogens is 1. The SMILES string of the molecule is Cc1nc2cc(C(=O)N3CCC(Cc4ccc(CO)cc4)C3)ccc2s1. The van der Waals surface area contributed by atoms with Gasteiger partial charge in [-0.15, -0.1) is 11.3 Å². The molecule has 4 nitrogen and oxygen atoms in total. The van der Waals surface area contributed by atoms with Crippen LogP contribution in [0.1, 0.15) is 32.9 Å². The number of aliphatic hydroxyl groups is 1. The fourth-order valence-corrected chi connectivity index (χ4v) is 4.46. The average molecular weight is 366 g/mol. The normalized spacial score (nSPS) is 17.2. The van der Waals surface area contributed by atoms with Gasteiger partial charge in [0.25, 0.3) is 5.91 Å². The van der Waals surface area contributed by atoms with Crippen LogP contribution in [0.4, 0.5) is 0 Å². The lowest BCUT2D eigenvalue weighted by molar-refractivity contribution is 0.0787. The first-order chi connectivity index (χ1) is 12.6. The zero-order valence-corrected chi connectivity index (χ0v) is 15.6. The Morgan fingerprint density at radius 1 is 1.23 bits per heavy atom. The molecule has 0 radical (unpaired) electrons. The smallest absolute Gasteiger partial charge is 0.253 e. The maximum Gasteiger partial charge on any atom is 0.253 e. The van der Waals surface area contributed by atoms with Crippen LogP contribution in [-0.4, -0.2) is 34.0 Å². The number of likely N-dealkylation sites (tertiary alicyclic amines) is 1. The van der Waals surface area contributed by atoms with Crippen molar-refractivity contribution in [2.45, 2.75) is 26.4 Å². The first kappa shape index (κ1) is 17.2. The summed E-state index contributed by atoms with van der Waals surface area (Å²) in [6.07, 6.45) is 2.01. The molecule has 4 rings (SSSR count). The zero-order chi connectivity index (χ0) is 18.1. The average Bonchev–Trinajstić information content (AvgIpc) is 3.26. The van der Waals surface area contributed by atoms with Gasteiger partial charge < -0.3 is 10.0 Å². The Labute approximate surface area is 157 Å². The predicted octanol–water partition coefficient (Wildman–Crippen LogP) is 3.80. The second kappa shape index (κ2) is 7.17. The van der Waals surface area contributed by atoms with Gasteiger partial charge in [-0.2, -0.15) is 0 Å². The molecule has 0 saturated carbocycles. The molecule has 1 amide bonds. The second-order valence-electron chi connectivity index (χ2n) is 7.00. The lowest BCUT2D eigenvalue weighted by Gasteiger charge is -2.17. The van der Waals surface area contributed by atoms with Gasteiger partial charge in [0.15, 0.2) is 0 Å². The van der Waals surface area contributed by atoms with Crippen molar-refractivity contribution in [1.29, 1.82) is 0 Å². The van der Waals surface area contributed by atoms with Crippen LogP contribution < -0.4 is 0 Å². The van der Waals surface area contributed by atoms with Crippen molar-refractivity contribution in [3.8, 4) is 0 Å². The molecule has 1 aliphatic rings. The number of hydrogen-bond donors (Lipinski definition) is 1. The lowest BCUT2D eigenvalue weighted by atomic mass is 9.98. The van der Waals surface area contributed by atoms with Crippen molar-refractivity contribution in [3.05, 3.63) is 64.2 Å². The number of amides is 1. The number of thiazole rings is 1. The molecule has 1 fully saturated rings. The standard InChI is InChI=1S/C21H22N2O2S/c1-14-22-19-11-18(6-7-20(19)26-14)21(25)23-9-8-17(12-23)10-15-2-4-16(13-24)5-3-15/h2-7,11,17,24H,8-10,12-13H2,1H3. The Morgan fingerprint density at radius 2 is 2.00 bits per heavy atom. The van der Waals surface area contributed by atoms with Crippen molar-refractivity contribution in [2.24, 2.45) is 5.92 Å². The Kier molecular flexibility index (Phi) is 4.74. The Balaban J connectivity index is 1.42. The number of fused-ring (bicyclic) bond motifs is 1. The van der Waals surface area contributed by atoms with Crippen LogP contribution in [-0.2, 0) is 13.0 Å². The van der Waals surface area contributed by atoms with Gasteiger partial charge in [-0.3, -0.25) is 4.79 Å². The first-order valence-electron chi connectivity index (χ1n) is 8.97. The highest BCUT2D eigenvalue weighted by Gasteiger charge is 2.27. The highest BCUT2D eigenvalue weighted by atomic mass is 32.1. The third kappa shape index (κ3) is 3.50. The molecule has 2 aromatic carbocycles. The molecule has 0 spiro atoms. The van der Waals surface area contributed by atoms with E-state index in [0.717, 1.165) is 52.3 Å². The molecule has 1 aromatic heterocycles. The van der Waals surface area contributed by atoms with Crippen molar-refractivity contribution in [1.82, 2.24) is 9.88 Å². The quantitative estimate of drug-likeness (QED) is 0.764. The molecule has 1 N–H and O–H groups in total. The van der Waals surface area contributed by atoms with Crippen LogP contribution in [0.25, 0.3) is 10.2 Å². The molecule has 2 heterocycles. The number of aryl methyl sites for hydroxylation is 1. The molecule has 3 aromatic rings. The Hall–Kier alpha value is -2.24. The minimum atomic E-state index is 0.0782. The van der Waals surface area contributed by atoms with Gasteiger partial charge in [0.1, 0.15) is 0 Å². The number of benzene rings is 2.